The average molecular weight is 178 g/mol. The molecule has 70 valence electrons. The molecule has 0 aromatic heterocycles. The number of terminal acetylenes is 1. The molecule has 1 saturated heterocycles. The van der Waals surface area contributed by atoms with E-state index in [-0.39, 0.29) is 5.91 Å². The highest BCUT2D eigenvalue weighted by Gasteiger charge is 2.17. The van der Waals surface area contributed by atoms with Gasteiger partial charge in [-0.25, -0.2) is 0 Å². The van der Waals surface area contributed by atoms with Crippen molar-refractivity contribution in [3.05, 3.63) is 12.7 Å². The van der Waals surface area contributed by atoms with Gasteiger partial charge in [-0.15, -0.1) is 6.42 Å². The minimum absolute atomic E-state index is 0.0142. The van der Waals surface area contributed by atoms with Crippen LogP contribution in [-0.4, -0.2) is 48.4 Å². The van der Waals surface area contributed by atoms with Crippen LogP contribution in [0, 0.1) is 12.3 Å². The zero-order valence-corrected chi connectivity index (χ0v) is 7.70. The number of carbonyl (C=O) groups is 1. The van der Waals surface area contributed by atoms with Crippen LogP contribution in [0.1, 0.15) is 0 Å². The molecule has 1 rings (SSSR count). The second kappa shape index (κ2) is 4.68. The Labute approximate surface area is 79.0 Å². The Bertz CT molecular complexity index is 234. The van der Waals surface area contributed by atoms with Crippen LogP contribution in [0.15, 0.2) is 12.7 Å². The van der Waals surface area contributed by atoms with Crippen LogP contribution in [0.25, 0.3) is 0 Å². The molecule has 0 aromatic rings. The van der Waals surface area contributed by atoms with E-state index in [0.717, 1.165) is 26.2 Å². The van der Waals surface area contributed by atoms with Crippen molar-refractivity contribution in [3.63, 3.8) is 0 Å². The lowest BCUT2D eigenvalue weighted by atomic mass is 10.3. The number of hydrogen-bond acceptors (Lipinski definition) is 2. The fraction of sp³-hybridized carbons (Fsp3) is 0.500. The SMILES string of the molecule is C#CCN1CCN(C(=O)C=C)CC1. The van der Waals surface area contributed by atoms with Crippen molar-refractivity contribution in [2.45, 2.75) is 0 Å². The third kappa shape index (κ3) is 2.60. The monoisotopic (exact) mass is 178 g/mol. The molecule has 1 aliphatic rings. The van der Waals surface area contributed by atoms with Gasteiger partial charge >= 0.3 is 0 Å². The summed E-state index contributed by atoms with van der Waals surface area (Å²) in [6.45, 7) is 7.37. The summed E-state index contributed by atoms with van der Waals surface area (Å²) in [6, 6.07) is 0. The Hall–Kier alpha value is -1.27. The van der Waals surface area contributed by atoms with E-state index in [9.17, 15) is 4.79 Å². The van der Waals surface area contributed by atoms with Gasteiger partial charge in [-0.05, 0) is 6.08 Å². The first-order valence-electron chi connectivity index (χ1n) is 4.35. The summed E-state index contributed by atoms with van der Waals surface area (Å²) < 4.78 is 0. The number of nitrogens with zero attached hydrogens (tertiary/aromatic N) is 2. The number of piperazine rings is 1. The number of amides is 1. The molecule has 0 spiro atoms. The van der Waals surface area contributed by atoms with E-state index >= 15 is 0 Å². The van der Waals surface area contributed by atoms with Crippen molar-refractivity contribution in [1.82, 2.24) is 9.80 Å². The van der Waals surface area contributed by atoms with E-state index < -0.39 is 0 Å². The lowest BCUT2D eigenvalue weighted by Gasteiger charge is -2.32. The largest absolute Gasteiger partial charge is 0.337 e. The topological polar surface area (TPSA) is 23.6 Å². The third-order valence-electron chi connectivity index (χ3n) is 2.17. The minimum Gasteiger partial charge on any atom is -0.337 e. The van der Waals surface area contributed by atoms with E-state index in [1.807, 2.05) is 0 Å². The van der Waals surface area contributed by atoms with Gasteiger partial charge in [-0.3, -0.25) is 9.69 Å². The molecule has 3 nitrogen and oxygen atoms in total. The molecule has 0 aliphatic carbocycles. The van der Waals surface area contributed by atoms with Crippen molar-refractivity contribution in [2.24, 2.45) is 0 Å². The Balaban J connectivity index is 2.35. The predicted octanol–water partition coefficient (Wildman–Crippen LogP) is -0.0502. The van der Waals surface area contributed by atoms with Gasteiger partial charge < -0.3 is 4.90 Å². The van der Waals surface area contributed by atoms with Crippen LogP contribution in [0.4, 0.5) is 0 Å². The first kappa shape index (κ1) is 9.82. The van der Waals surface area contributed by atoms with Crippen molar-refractivity contribution >= 4 is 5.91 Å². The van der Waals surface area contributed by atoms with E-state index in [1.54, 1.807) is 4.90 Å². The van der Waals surface area contributed by atoms with E-state index in [1.165, 1.54) is 6.08 Å². The van der Waals surface area contributed by atoms with Crippen molar-refractivity contribution in [3.8, 4) is 12.3 Å². The minimum atomic E-state index is 0.0142. The van der Waals surface area contributed by atoms with Gasteiger partial charge in [-0.1, -0.05) is 12.5 Å². The maximum atomic E-state index is 11.2. The summed E-state index contributed by atoms with van der Waals surface area (Å²) in [7, 11) is 0. The standard InChI is InChI=1S/C10H14N2O/c1-3-5-11-6-8-12(9-7-11)10(13)4-2/h1,4H,2,5-9H2. The van der Waals surface area contributed by atoms with Gasteiger partial charge in [0.2, 0.25) is 5.91 Å². The summed E-state index contributed by atoms with van der Waals surface area (Å²) in [5, 5.41) is 0. The van der Waals surface area contributed by atoms with Gasteiger partial charge in [-0.2, -0.15) is 0 Å². The molecule has 3 heteroatoms. The summed E-state index contributed by atoms with van der Waals surface area (Å²) in [5.41, 5.74) is 0. The van der Waals surface area contributed by atoms with E-state index in [0.29, 0.717) is 6.54 Å². The molecule has 1 amide bonds. The normalized spacial score (nSPS) is 17.9. The summed E-state index contributed by atoms with van der Waals surface area (Å²) in [5.74, 6) is 2.61. The fourth-order valence-corrected chi connectivity index (χ4v) is 1.38. The second-order valence-corrected chi connectivity index (χ2v) is 3.01. The first-order chi connectivity index (χ1) is 6.27. The molecule has 0 bridgehead atoms. The highest BCUT2D eigenvalue weighted by molar-refractivity contribution is 5.87. The van der Waals surface area contributed by atoms with Crippen LogP contribution < -0.4 is 0 Å². The summed E-state index contributed by atoms with van der Waals surface area (Å²) >= 11 is 0. The Kier molecular flexibility index (Phi) is 3.53. The maximum Gasteiger partial charge on any atom is 0.246 e. The zero-order valence-electron chi connectivity index (χ0n) is 7.70. The quantitative estimate of drug-likeness (QED) is 0.437. The summed E-state index contributed by atoms with van der Waals surface area (Å²) in [4.78, 5) is 15.1. The lowest BCUT2D eigenvalue weighted by molar-refractivity contribution is -0.127. The van der Waals surface area contributed by atoms with Gasteiger partial charge in [0.05, 0.1) is 6.54 Å². The van der Waals surface area contributed by atoms with Crippen LogP contribution in [0.5, 0.6) is 0 Å². The Morgan fingerprint density at radius 3 is 2.54 bits per heavy atom. The predicted molar refractivity (Wildman–Crippen MR) is 52.1 cm³/mol. The first-order valence-corrected chi connectivity index (χ1v) is 4.35. The second-order valence-electron chi connectivity index (χ2n) is 3.01. The average Bonchev–Trinajstić information content (AvgIpc) is 2.18. The van der Waals surface area contributed by atoms with Crippen LogP contribution >= 0.6 is 0 Å². The molecule has 13 heavy (non-hydrogen) atoms. The van der Waals surface area contributed by atoms with Gasteiger partial charge in [0.15, 0.2) is 0 Å². The molecule has 0 radical (unpaired) electrons. The highest BCUT2D eigenvalue weighted by atomic mass is 16.2. The lowest BCUT2D eigenvalue weighted by Crippen LogP contribution is -2.48. The molecule has 0 N–H and O–H groups in total. The number of hydrogen-bond donors (Lipinski definition) is 0. The molecule has 1 heterocycles. The maximum absolute atomic E-state index is 11.2. The Morgan fingerprint density at radius 2 is 2.08 bits per heavy atom. The molecule has 1 fully saturated rings. The van der Waals surface area contributed by atoms with Crippen molar-refractivity contribution in [2.75, 3.05) is 32.7 Å². The van der Waals surface area contributed by atoms with Crippen LogP contribution in [0.3, 0.4) is 0 Å². The molecule has 0 atom stereocenters. The molecular weight excluding hydrogens is 164 g/mol. The highest BCUT2D eigenvalue weighted by Crippen LogP contribution is 2.01. The smallest absolute Gasteiger partial charge is 0.246 e. The molecule has 0 saturated carbocycles. The molecular formula is C10H14N2O. The number of carbonyl (C=O) groups excluding carboxylic acids is 1. The number of rotatable bonds is 2. The van der Waals surface area contributed by atoms with Crippen LogP contribution in [-0.2, 0) is 4.79 Å². The zero-order chi connectivity index (χ0) is 9.68. The summed E-state index contributed by atoms with van der Waals surface area (Å²) in [6.07, 6.45) is 6.55. The van der Waals surface area contributed by atoms with Crippen molar-refractivity contribution < 1.29 is 4.79 Å². The van der Waals surface area contributed by atoms with E-state index in [4.69, 9.17) is 6.42 Å². The Morgan fingerprint density at radius 1 is 1.46 bits per heavy atom. The molecule has 0 aromatic carbocycles. The van der Waals surface area contributed by atoms with Gasteiger partial charge in [0.25, 0.3) is 0 Å². The van der Waals surface area contributed by atoms with Gasteiger partial charge in [0.1, 0.15) is 0 Å². The third-order valence-corrected chi connectivity index (χ3v) is 2.17. The van der Waals surface area contributed by atoms with Crippen LogP contribution in [0.2, 0.25) is 0 Å². The van der Waals surface area contributed by atoms with Gasteiger partial charge in [0, 0.05) is 26.2 Å². The van der Waals surface area contributed by atoms with E-state index in [2.05, 4.69) is 17.4 Å². The molecule has 1 aliphatic heterocycles. The van der Waals surface area contributed by atoms with Crippen molar-refractivity contribution in [1.29, 1.82) is 0 Å². The fourth-order valence-electron chi connectivity index (χ4n) is 1.38. The molecule has 0 unspecified atom stereocenters.